The number of aromatic nitrogens is 3. The molecule has 1 amide bonds. The molecule has 0 atom stereocenters. The summed E-state index contributed by atoms with van der Waals surface area (Å²) < 4.78 is 10.7. The molecular formula is C27H36N8O3. The van der Waals surface area contributed by atoms with E-state index >= 15 is 0 Å². The van der Waals surface area contributed by atoms with E-state index in [9.17, 15) is 4.79 Å². The molecule has 3 aromatic rings. The van der Waals surface area contributed by atoms with Gasteiger partial charge in [0.2, 0.25) is 17.8 Å². The summed E-state index contributed by atoms with van der Waals surface area (Å²) in [6.07, 6.45) is 3.43. The number of hydrogen-bond acceptors (Lipinski definition) is 10. The van der Waals surface area contributed by atoms with E-state index in [-0.39, 0.29) is 5.91 Å². The normalized spacial score (nSPS) is 13.0. The second-order valence-corrected chi connectivity index (χ2v) is 8.89. The Morgan fingerprint density at radius 2 is 1.58 bits per heavy atom. The maximum Gasteiger partial charge on any atom is 0.251 e. The highest BCUT2D eigenvalue weighted by Crippen LogP contribution is 2.23. The Hall–Kier alpha value is -3.80. The molecule has 6 N–H and O–H groups in total. The molecule has 0 bridgehead atoms. The van der Waals surface area contributed by atoms with E-state index < -0.39 is 0 Å². The van der Waals surface area contributed by atoms with Crippen LogP contribution in [-0.4, -0.2) is 66.4 Å². The van der Waals surface area contributed by atoms with E-state index in [0.29, 0.717) is 75.5 Å². The van der Waals surface area contributed by atoms with Gasteiger partial charge in [-0.15, -0.1) is 0 Å². The van der Waals surface area contributed by atoms with Gasteiger partial charge in [-0.1, -0.05) is 30.3 Å². The van der Waals surface area contributed by atoms with Crippen molar-refractivity contribution in [2.45, 2.75) is 31.8 Å². The predicted octanol–water partition coefficient (Wildman–Crippen LogP) is 2.91. The molecule has 1 saturated carbocycles. The molecule has 1 heterocycles. The fraction of sp³-hybridized carbons (Fsp3) is 0.407. The van der Waals surface area contributed by atoms with Crippen molar-refractivity contribution >= 4 is 29.4 Å². The van der Waals surface area contributed by atoms with Gasteiger partial charge in [-0.25, -0.2) is 0 Å². The van der Waals surface area contributed by atoms with Gasteiger partial charge >= 0.3 is 0 Å². The van der Waals surface area contributed by atoms with Crippen molar-refractivity contribution in [3.8, 4) is 0 Å². The van der Waals surface area contributed by atoms with Crippen LogP contribution in [0.4, 0.5) is 23.5 Å². The molecule has 11 nitrogen and oxygen atoms in total. The minimum Gasteiger partial charge on any atom is -0.378 e. The van der Waals surface area contributed by atoms with Gasteiger partial charge in [0, 0.05) is 36.9 Å². The second-order valence-electron chi connectivity index (χ2n) is 8.89. The predicted molar refractivity (Wildman–Crippen MR) is 148 cm³/mol. The number of carbonyl (C=O) groups is 1. The number of carbonyl (C=O) groups excluding carboxylic acids is 1. The molecular weight excluding hydrogens is 484 g/mol. The lowest BCUT2D eigenvalue weighted by Crippen LogP contribution is -2.28. The van der Waals surface area contributed by atoms with Gasteiger partial charge in [-0.3, -0.25) is 4.79 Å². The Bertz CT molecular complexity index is 1130. The van der Waals surface area contributed by atoms with E-state index in [1.54, 1.807) is 12.1 Å². The van der Waals surface area contributed by atoms with Gasteiger partial charge < -0.3 is 36.5 Å². The summed E-state index contributed by atoms with van der Waals surface area (Å²) in [5.41, 5.74) is 7.80. The van der Waals surface area contributed by atoms with Crippen LogP contribution in [0.2, 0.25) is 0 Å². The number of nitrogens with one attached hydrogen (secondary N) is 4. The molecule has 11 heteroatoms. The number of rotatable bonds is 16. The lowest BCUT2D eigenvalue weighted by Gasteiger charge is -2.26. The average Bonchev–Trinajstić information content (AvgIpc) is 2.92. The topological polar surface area (TPSA) is 148 Å². The van der Waals surface area contributed by atoms with Crippen molar-refractivity contribution in [2.75, 3.05) is 55.5 Å². The minimum atomic E-state index is -0.168. The quantitative estimate of drug-likeness (QED) is 0.179. The number of hydrogen-bond donors (Lipinski definition) is 5. The lowest BCUT2D eigenvalue weighted by molar-refractivity contribution is 0.0511. The smallest absolute Gasteiger partial charge is 0.251 e. The molecule has 0 aliphatic heterocycles. The second kappa shape index (κ2) is 14.8. The number of nitrogens with two attached hydrogens (primary N) is 1. The molecule has 4 rings (SSSR count). The molecule has 1 aliphatic carbocycles. The van der Waals surface area contributed by atoms with Crippen LogP contribution in [0, 0.1) is 0 Å². The van der Waals surface area contributed by atoms with Crippen molar-refractivity contribution in [1.29, 1.82) is 0 Å². The molecule has 0 radical (unpaired) electrons. The average molecular weight is 521 g/mol. The standard InChI is InChI=1S/C27H36N8O3/c28-13-15-37-17-18-38-16-14-29-24(36)21-9-11-23(12-10-21)32-27-34-25(30-19-20-5-2-1-3-6-20)33-26(35-27)31-22-7-4-8-22/h1-3,5-6,9-12,22H,4,7-8,13-19,28H2,(H,29,36)(H3,30,31,32,33,34,35). The highest BCUT2D eigenvalue weighted by atomic mass is 16.5. The Kier molecular flexibility index (Phi) is 10.6. The largest absolute Gasteiger partial charge is 0.378 e. The van der Waals surface area contributed by atoms with Crippen LogP contribution in [0.3, 0.4) is 0 Å². The zero-order valence-electron chi connectivity index (χ0n) is 21.5. The third kappa shape index (κ3) is 8.94. The van der Waals surface area contributed by atoms with Crippen molar-refractivity contribution in [1.82, 2.24) is 20.3 Å². The zero-order valence-corrected chi connectivity index (χ0v) is 21.5. The first-order valence-electron chi connectivity index (χ1n) is 13.0. The van der Waals surface area contributed by atoms with Gasteiger partial charge in [0.05, 0.1) is 26.4 Å². The van der Waals surface area contributed by atoms with Crippen LogP contribution in [0.15, 0.2) is 54.6 Å². The molecule has 202 valence electrons. The fourth-order valence-electron chi connectivity index (χ4n) is 3.67. The molecule has 1 fully saturated rings. The molecule has 0 spiro atoms. The van der Waals surface area contributed by atoms with Gasteiger partial charge in [0.15, 0.2) is 0 Å². The Morgan fingerprint density at radius 3 is 2.29 bits per heavy atom. The van der Waals surface area contributed by atoms with E-state index in [1.165, 1.54) is 6.42 Å². The number of anilines is 4. The maximum absolute atomic E-state index is 12.4. The zero-order chi connectivity index (χ0) is 26.4. The minimum absolute atomic E-state index is 0.168. The lowest BCUT2D eigenvalue weighted by atomic mass is 9.93. The Morgan fingerprint density at radius 1 is 0.868 bits per heavy atom. The van der Waals surface area contributed by atoms with Crippen LogP contribution < -0.4 is 27.0 Å². The fourth-order valence-corrected chi connectivity index (χ4v) is 3.67. The van der Waals surface area contributed by atoms with Gasteiger partial charge in [-0.2, -0.15) is 15.0 Å². The summed E-state index contributed by atoms with van der Waals surface area (Å²) in [4.78, 5) is 26.1. The summed E-state index contributed by atoms with van der Waals surface area (Å²) in [6, 6.07) is 17.6. The van der Waals surface area contributed by atoms with E-state index in [1.807, 2.05) is 42.5 Å². The van der Waals surface area contributed by atoms with Crippen LogP contribution in [0.5, 0.6) is 0 Å². The summed E-state index contributed by atoms with van der Waals surface area (Å²) in [5, 5.41) is 12.7. The van der Waals surface area contributed by atoms with Crippen molar-refractivity contribution in [3.05, 3.63) is 65.7 Å². The summed E-state index contributed by atoms with van der Waals surface area (Å²) in [5.74, 6) is 1.27. The molecule has 1 aromatic heterocycles. The SMILES string of the molecule is NCCOCCOCCNC(=O)c1ccc(Nc2nc(NCc3ccccc3)nc(NC3CCC3)n2)cc1. The summed E-state index contributed by atoms with van der Waals surface area (Å²) >= 11 is 0. The van der Waals surface area contributed by atoms with E-state index in [2.05, 4.69) is 36.2 Å². The van der Waals surface area contributed by atoms with E-state index in [0.717, 1.165) is 24.1 Å². The van der Waals surface area contributed by atoms with Crippen molar-refractivity contribution in [3.63, 3.8) is 0 Å². The third-order valence-corrected chi connectivity index (χ3v) is 5.94. The van der Waals surface area contributed by atoms with Crippen LogP contribution in [0.1, 0.15) is 35.2 Å². The first kappa shape index (κ1) is 27.2. The van der Waals surface area contributed by atoms with Crippen molar-refractivity contribution in [2.24, 2.45) is 5.73 Å². The van der Waals surface area contributed by atoms with Gasteiger partial charge in [0.25, 0.3) is 5.91 Å². The highest BCUT2D eigenvalue weighted by molar-refractivity contribution is 5.94. The molecule has 0 saturated heterocycles. The van der Waals surface area contributed by atoms with Crippen LogP contribution >= 0.6 is 0 Å². The number of benzene rings is 2. The monoisotopic (exact) mass is 520 g/mol. The molecule has 38 heavy (non-hydrogen) atoms. The first-order valence-corrected chi connectivity index (χ1v) is 13.0. The summed E-state index contributed by atoms with van der Waals surface area (Å²) in [6.45, 7) is 3.39. The van der Waals surface area contributed by atoms with Gasteiger partial charge in [0.1, 0.15) is 0 Å². The first-order chi connectivity index (χ1) is 18.7. The Labute approximate surface area is 223 Å². The van der Waals surface area contributed by atoms with Crippen molar-refractivity contribution < 1.29 is 14.3 Å². The summed E-state index contributed by atoms with van der Waals surface area (Å²) in [7, 11) is 0. The van der Waals surface area contributed by atoms with Crippen LogP contribution in [-0.2, 0) is 16.0 Å². The Balaban J connectivity index is 1.30. The van der Waals surface area contributed by atoms with Crippen LogP contribution in [0.25, 0.3) is 0 Å². The molecule has 2 aromatic carbocycles. The number of ether oxygens (including phenoxy) is 2. The number of nitrogens with zero attached hydrogens (tertiary/aromatic N) is 3. The van der Waals surface area contributed by atoms with E-state index in [4.69, 9.17) is 15.2 Å². The van der Waals surface area contributed by atoms with Gasteiger partial charge in [-0.05, 0) is 49.1 Å². The molecule has 0 unspecified atom stereocenters. The highest BCUT2D eigenvalue weighted by Gasteiger charge is 2.19. The third-order valence-electron chi connectivity index (χ3n) is 5.94. The maximum atomic E-state index is 12.4. The number of amides is 1. The molecule has 1 aliphatic rings.